The molecule has 1 aromatic heterocycles. The van der Waals surface area contributed by atoms with Crippen LogP contribution in [0.2, 0.25) is 0 Å². The molecule has 0 unspecified atom stereocenters. The lowest BCUT2D eigenvalue weighted by Crippen LogP contribution is -2.27. The van der Waals surface area contributed by atoms with Gasteiger partial charge < -0.3 is 19.8 Å². The Morgan fingerprint density at radius 3 is 2.83 bits per heavy atom. The van der Waals surface area contributed by atoms with Gasteiger partial charge in [-0.15, -0.1) is 0 Å². The third kappa shape index (κ3) is 1.98. The summed E-state index contributed by atoms with van der Waals surface area (Å²) in [4.78, 5) is 16.0. The lowest BCUT2D eigenvalue weighted by molar-refractivity contribution is -0.118. The van der Waals surface area contributed by atoms with E-state index in [1.54, 1.807) is 0 Å². The number of nitrogens with one attached hydrogen (secondary N) is 2. The summed E-state index contributed by atoms with van der Waals surface area (Å²) < 4.78 is 10.8. The molecule has 5 nitrogen and oxygen atoms in total. The fraction of sp³-hybridized carbons (Fsp3) is 0.211. The Bertz CT molecular complexity index is 966. The van der Waals surface area contributed by atoms with Crippen LogP contribution < -0.4 is 14.8 Å². The Labute approximate surface area is 141 Å². The first kappa shape index (κ1) is 13.5. The van der Waals surface area contributed by atoms with Crippen LogP contribution in [-0.2, 0) is 10.2 Å². The predicted octanol–water partition coefficient (Wildman–Crippen LogP) is 4.06. The molecule has 1 saturated carbocycles. The van der Waals surface area contributed by atoms with Crippen LogP contribution in [0.3, 0.4) is 0 Å². The smallest absolute Gasteiger partial charge is 0.235 e. The lowest BCUT2D eigenvalue weighted by Gasteiger charge is -2.16. The number of carbonyl (C=O) groups is 1. The van der Waals surface area contributed by atoms with Crippen molar-refractivity contribution in [2.24, 2.45) is 0 Å². The minimum atomic E-state index is -0.450. The molecule has 0 spiro atoms. The van der Waals surface area contributed by atoms with E-state index in [0.29, 0.717) is 0 Å². The van der Waals surface area contributed by atoms with Crippen molar-refractivity contribution in [3.05, 3.63) is 54.2 Å². The molecule has 1 amide bonds. The van der Waals surface area contributed by atoms with Gasteiger partial charge >= 0.3 is 0 Å². The Kier molecular flexibility index (Phi) is 2.68. The molecule has 24 heavy (non-hydrogen) atoms. The number of H-pyrrole nitrogens is 1. The molecule has 5 heteroatoms. The van der Waals surface area contributed by atoms with Crippen LogP contribution in [0.4, 0.5) is 5.69 Å². The van der Waals surface area contributed by atoms with Crippen molar-refractivity contribution >= 4 is 22.5 Å². The van der Waals surface area contributed by atoms with Crippen LogP contribution in [-0.4, -0.2) is 17.7 Å². The second-order valence-corrected chi connectivity index (χ2v) is 6.38. The second-order valence-electron chi connectivity index (χ2n) is 6.38. The molecule has 1 aliphatic heterocycles. The largest absolute Gasteiger partial charge is 0.454 e. The molecule has 3 aromatic rings. The van der Waals surface area contributed by atoms with E-state index < -0.39 is 5.41 Å². The van der Waals surface area contributed by atoms with Gasteiger partial charge in [-0.05, 0) is 54.8 Å². The lowest BCUT2D eigenvalue weighted by atomic mass is 9.94. The number of benzene rings is 2. The number of hydrogen-bond acceptors (Lipinski definition) is 3. The molecule has 5 rings (SSSR count). The number of carbonyl (C=O) groups excluding carboxylic acids is 1. The molecule has 2 aliphatic rings. The SMILES string of the molecule is O=C(Nc1ccc2[nH]ccc2c1)C1(c2ccc3c(c2)OCO3)CC1.[HH].[HH]. The number of amides is 1. The van der Waals surface area contributed by atoms with Gasteiger partial charge in [-0.2, -0.15) is 0 Å². The quantitative estimate of drug-likeness (QED) is 0.763. The Balaban J connectivity index is 0.000000980. The zero-order valence-electron chi connectivity index (χ0n) is 13.0. The maximum atomic E-state index is 12.9. The fourth-order valence-electron chi connectivity index (χ4n) is 3.35. The van der Waals surface area contributed by atoms with E-state index in [1.807, 2.05) is 48.7 Å². The normalized spacial score (nSPS) is 17.0. The molecule has 2 N–H and O–H groups in total. The van der Waals surface area contributed by atoms with Gasteiger partial charge in [-0.25, -0.2) is 0 Å². The summed E-state index contributed by atoms with van der Waals surface area (Å²) in [7, 11) is 0. The van der Waals surface area contributed by atoms with Crippen molar-refractivity contribution < 1.29 is 17.1 Å². The van der Waals surface area contributed by atoms with Crippen LogP contribution in [0.5, 0.6) is 11.5 Å². The van der Waals surface area contributed by atoms with Crippen molar-refractivity contribution in [1.29, 1.82) is 0 Å². The van der Waals surface area contributed by atoms with E-state index in [1.165, 1.54) is 0 Å². The third-order valence-electron chi connectivity index (χ3n) is 4.92. The van der Waals surface area contributed by atoms with Crippen LogP contribution in [0, 0.1) is 0 Å². The minimum absolute atomic E-state index is 0. The highest BCUT2D eigenvalue weighted by atomic mass is 16.7. The highest BCUT2D eigenvalue weighted by Gasteiger charge is 2.51. The van der Waals surface area contributed by atoms with E-state index in [4.69, 9.17) is 9.47 Å². The zero-order chi connectivity index (χ0) is 16.1. The maximum Gasteiger partial charge on any atom is 0.235 e. The summed E-state index contributed by atoms with van der Waals surface area (Å²) in [6.07, 6.45) is 3.60. The molecule has 124 valence electrons. The minimum Gasteiger partial charge on any atom is -0.454 e. The van der Waals surface area contributed by atoms with E-state index in [0.717, 1.165) is 46.5 Å². The van der Waals surface area contributed by atoms with Gasteiger partial charge in [0.15, 0.2) is 11.5 Å². The molecule has 0 atom stereocenters. The summed E-state index contributed by atoms with van der Waals surface area (Å²) in [5.41, 5.74) is 2.42. The number of anilines is 1. The van der Waals surface area contributed by atoms with Crippen LogP contribution >= 0.6 is 0 Å². The van der Waals surface area contributed by atoms with Crippen molar-refractivity contribution in [2.45, 2.75) is 18.3 Å². The molecule has 2 heterocycles. The van der Waals surface area contributed by atoms with Gasteiger partial charge in [0.1, 0.15) is 0 Å². The van der Waals surface area contributed by atoms with Crippen LogP contribution in [0.1, 0.15) is 21.3 Å². The number of aromatic nitrogens is 1. The summed E-state index contributed by atoms with van der Waals surface area (Å²) in [5, 5.41) is 4.15. The highest BCUT2D eigenvalue weighted by Crippen LogP contribution is 2.51. The first-order valence-electron chi connectivity index (χ1n) is 8.03. The van der Waals surface area contributed by atoms with Gasteiger partial charge in [0.25, 0.3) is 0 Å². The van der Waals surface area contributed by atoms with E-state index in [2.05, 4.69) is 10.3 Å². The molecular formula is C19H20N2O3. The van der Waals surface area contributed by atoms with E-state index >= 15 is 0 Å². The number of fused-ring (bicyclic) bond motifs is 2. The van der Waals surface area contributed by atoms with Gasteiger partial charge in [-0.1, -0.05) is 6.07 Å². The number of ether oxygens (including phenoxy) is 2. The number of aromatic amines is 1. The van der Waals surface area contributed by atoms with Crippen molar-refractivity contribution in [2.75, 3.05) is 12.1 Å². The predicted molar refractivity (Wildman–Crippen MR) is 94.6 cm³/mol. The monoisotopic (exact) mass is 324 g/mol. The number of rotatable bonds is 3. The third-order valence-corrected chi connectivity index (χ3v) is 4.92. The van der Waals surface area contributed by atoms with Gasteiger partial charge in [-0.3, -0.25) is 4.79 Å². The maximum absolute atomic E-state index is 12.9. The molecular weight excluding hydrogens is 304 g/mol. The molecule has 0 saturated heterocycles. The first-order chi connectivity index (χ1) is 11.7. The average Bonchev–Trinajstić information content (AvgIpc) is 3.05. The van der Waals surface area contributed by atoms with Crippen molar-refractivity contribution in [1.82, 2.24) is 4.98 Å². The van der Waals surface area contributed by atoms with E-state index in [9.17, 15) is 4.79 Å². The summed E-state index contributed by atoms with van der Waals surface area (Å²) >= 11 is 0. The summed E-state index contributed by atoms with van der Waals surface area (Å²) in [5.74, 6) is 1.50. The van der Waals surface area contributed by atoms with Gasteiger partial charge in [0.2, 0.25) is 12.7 Å². The topological polar surface area (TPSA) is 63.4 Å². The fourth-order valence-corrected chi connectivity index (χ4v) is 3.35. The molecule has 2 aromatic carbocycles. The van der Waals surface area contributed by atoms with Crippen LogP contribution in [0.15, 0.2) is 48.7 Å². The standard InChI is InChI=1S/C19H16N2O3.2H2/c22-18(21-14-2-3-15-12(9-14)5-8-20-15)19(6-7-19)13-1-4-16-17(10-13)24-11-23-16;;/h1-5,8-10,20H,6-7,11H2,(H,21,22);2*1H. The highest BCUT2D eigenvalue weighted by molar-refractivity contribution is 6.02. The Morgan fingerprint density at radius 2 is 1.96 bits per heavy atom. The summed E-state index contributed by atoms with van der Waals surface area (Å²) in [6, 6.07) is 13.7. The average molecular weight is 324 g/mol. The number of hydrogen-bond donors (Lipinski definition) is 2. The van der Waals surface area contributed by atoms with Gasteiger partial charge in [0.05, 0.1) is 5.41 Å². The van der Waals surface area contributed by atoms with Crippen LogP contribution in [0.25, 0.3) is 10.9 Å². The van der Waals surface area contributed by atoms with Crippen molar-refractivity contribution in [3.8, 4) is 11.5 Å². The molecule has 1 aliphatic carbocycles. The van der Waals surface area contributed by atoms with E-state index in [-0.39, 0.29) is 15.6 Å². The van der Waals surface area contributed by atoms with Crippen molar-refractivity contribution in [3.63, 3.8) is 0 Å². The Morgan fingerprint density at radius 1 is 1.08 bits per heavy atom. The molecule has 0 radical (unpaired) electrons. The first-order valence-corrected chi connectivity index (χ1v) is 8.03. The molecule has 0 bridgehead atoms. The summed E-state index contributed by atoms with van der Waals surface area (Å²) in [6.45, 7) is 0.245. The van der Waals surface area contributed by atoms with Gasteiger partial charge in [0, 0.05) is 25.6 Å². The second kappa shape index (κ2) is 4.77. The zero-order valence-corrected chi connectivity index (χ0v) is 13.0. The Hall–Kier alpha value is -2.95. The molecule has 1 fully saturated rings.